The second kappa shape index (κ2) is 8.02. The van der Waals surface area contributed by atoms with Gasteiger partial charge in [0.1, 0.15) is 11.6 Å². The van der Waals surface area contributed by atoms with E-state index in [1.807, 2.05) is 9.47 Å². The minimum absolute atomic E-state index is 0.0582. The van der Waals surface area contributed by atoms with Gasteiger partial charge in [0.25, 0.3) is 5.91 Å². The number of piperidine rings is 1. The molecule has 1 amide bonds. The molecule has 0 spiro atoms. The maximum atomic E-state index is 12.7. The number of carbonyl (C=O) groups excluding carboxylic acids is 1. The Morgan fingerprint density at radius 1 is 1.00 bits per heavy atom. The van der Waals surface area contributed by atoms with Gasteiger partial charge in [-0.05, 0) is 37.0 Å². The summed E-state index contributed by atoms with van der Waals surface area (Å²) >= 11 is 0. The Kier molecular flexibility index (Phi) is 5.44. The maximum Gasteiger partial charge on any atom is 0.573 e. The van der Waals surface area contributed by atoms with Crippen molar-refractivity contribution in [1.82, 2.24) is 24.6 Å². The van der Waals surface area contributed by atoms with Crippen molar-refractivity contribution in [3.63, 3.8) is 0 Å². The van der Waals surface area contributed by atoms with Crippen molar-refractivity contribution in [2.24, 2.45) is 0 Å². The standard InChI is InChI=1S/C19H22F3N5O2/c20-19(21,22)29-15-6-4-14(5-7-15)12-25-10-11-27-16(13-25)23-24-17(27)18(28)26-8-2-1-3-9-26/h4-7H,1-3,8-13H2. The van der Waals surface area contributed by atoms with Crippen LogP contribution in [0.3, 0.4) is 0 Å². The number of rotatable bonds is 4. The van der Waals surface area contributed by atoms with Crippen LogP contribution < -0.4 is 4.74 Å². The number of aromatic nitrogens is 3. The summed E-state index contributed by atoms with van der Waals surface area (Å²) in [6.07, 6.45) is -1.50. The van der Waals surface area contributed by atoms with Crippen molar-refractivity contribution >= 4 is 5.91 Å². The highest BCUT2D eigenvalue weighted by Crippen LogP contribution is 2.24. The van der Waals surface area contributed by atoms with Crippen LogP contribution in [0.4, 0.5) is 13.2 Å². The minimum Gasteiger partial charge on any atom is -0.406 e. The number of carbonyl (C=O) groups is 1. The number of amides is 1. The molecule has 3 heterocycles. The lowest BCUT2D eigenvalue weighted by Gasteiger charge is -2.29. The van der Waals surface area contributed by atoms with E-state index in [0.717, 1.165) is 43.7 Å². The Morgan fingerprint density at radius 2 is 1.72 bits per heavy atom. The monoisotopic (exact) mass is 409 g/mol. The molecule has 29 heavy (non-hydrogen) atoms. The number of likely N-dealkylation sites (tertiary alicyclic amines) is 1. The van der Waals surface area contributed by atoms with Crippen molar-refractivity contribution in [1.29, 1.82) is 0 Å². The zero-order valence-corrected chi connectivity index (χ0v) is 15.9. The third-order valence-corrected chi connectivity index (χ3v) is 5.23. The predicted molar refractivity (Wildman–Crippen MR) is 97.0 cm³/mol. The highest BCUT2D eigenvalue weighted by atomic mass is 19.4. The van der Waals surface area contributed by atoms with Gasteiger partial charge in [-0.25, -0.2) is 0 Å². The first kappa shape index (κ1) is 19.7. The Balaban J connectivity index is 1.38. The number of fused-ring (bicyclic) bond motifs is 1. The third-order valence-electron chi connectivity index (χ3n) is 5.23. The van der Waals surface area contributed by atoms with Gasteiger partial charge < -0.3 is 14.2 Å². The highest BCUT2D eigenvalue weighted by molar-refractivity contribution is 5.90. The molecule has 2 aliphatic heterocycles. The molecule has 0 radical (unpaired) electrons. The molecule has 0 saturated carbocycles. The van der Waals surface area contributed by atoms with Gasteiger partial charge >= 0.3 is 6.36 Å². The van der Waals surface area contributed by atoms with Crippen molar-refractivity contribution in [2.45, 2.75) is 45.3 Å². The average Bonchev–Trinajstić information content (AvgIpc) is 3.12. The van der Waals surface area contributed by atoms with Crippen molar-refractivity contribution in [3.8, 4) is 5.75 Å². The predicted octanol–water partition coefficient (Wildman–Crippen LogP) is 2.82. The van der Waals surface area contributed by atoms with Gasteiger partial charge in [-0.1, -0.05) is 12.1 Å². The van der Waals surface area contributed by atoms with Gasteiger partial charge in [0.15, 0.2) is 0 Å². The molecule has 4 rings (SSSR count). The highest BCUT2D eigenvalue weighted by Gasteiger charge is 2.31. The van der Waals surface area contributed by atoms with Crippen LogP contribution in [0, 0.1) is 0 Å². The molecule has 7 nitrogen and oxygen atoms in total. The van der Waals surface area contributed by atoms with E-state index in [4.69, 9.17) is 0 Å². The first-order valence-corrected chi connectivity index (χ1v) is 9.67. The van der Waals surface area contributed by atoms with Crippen LogP contribution >= 0.6 is 0 Å². The van der Waals surface area contributed by atoms with Crippen LogP contribution in [-0.2, 0) is 19.6 Å². The van der Waals surface area contributed by atoms with E-state index in [1.54, 1.807) is 12.1 Å². The van der Waals surface area contributed by atoms with Gasteiger partial charge in [-0.3, -0.25) is 9.69 Å². The fourth-order valence-electron chi connectivity index (χ4n) is 3.79. The third kappa shape index (κ3) is 4.69. The molecule has 2 aliphatic rings. The first-order chi connectivity index (χ1) is 13.9. The van der Waals surface area contributed by atoms with Gasteiger partial charge in [-0.15, -0.1) is 23.4 Å². The van der Waals surface area contributed by atoms with Crippen LogP contribution in [-0.4, -0.2) is 56.5 Å². The summed E-state index contributed by atoms with van der Waals surface area (Å²) in [4.78, 5) is 16.7. The topological polar surface area (TPSA) is 63.5 Å². The molecule has 10 heteroatoms. The van der Waals surface area contributed by atoms with Crippen molar-refractivity contribution in [3.05, 3.63) is 41.5 Å². The average molecular weight is 409 g/mol. The van der Waals surface area contributed by atoms with Crippen LogP contribution in [0.2, 0.25) is 0 Å². The molecule has 2 aromatic rings. The van der Waals surface area contributed by atoms with E-state index in [9.17, 15) is 18.0 Å². The number of alkyl halides is 3. The van der Waals surface area contributed by atoms with E-state index in [-0.39, 0.29) is 11.7 Å². The molecule has 156 valence electrons. The van der Waals surface area contributed by atoms with Crippen LogP contribution in [0.5, 0.6) is 5.75 Å². The van der Waals surface area contributed by atoms with Gasteiger partial charge in [0.2, 0.25) is 5.82 Å². The SMILES string of the molecule is O=C(c1nnc2n1CCN(Cc1ccc(OC(F)(F)F)cc1)C2)N1CCCCC1. The second-order valence-corrected chi connectivity index (χ2v) is 7.35. The summed E-state index contributed by atoms with van der Waals surface area (Å²) in [6.45, 7) is 3.93. The zero-order chi connectivity index (χ0) is 20.4. The van der Waals surface area contributed by atoms with Crippen LogP contribution in [0.25, 0.3) is 0 Å². The fourth-order valence-corrected chi connectivity index (χ4v) is 3.79. The summed E-state index contributed by atoms with van der Waals surface area (Å²) in [6, 6.07) is 5.85. The molecular formula is C19H22F3N5O2. The molecule has 1 aromatic carbocycles. The fraction of sp³-hybridized carbons (Fsp3) is 0.526. The Hall–Kier alpha value is -2.62. The van der Waals surface area contributed by atoms with E-state index in [1.165, 1.54) is 12.1 Å². The Bertz CT molecular complexity index is 860. The maximum absolute atomic E-state index is 12.7. The van der Waals surface area contributed by atoms with Gasteiger partial charge in [-0.2, -0.15) is 0 Å². The molecule has 0 unspecified atom stereocenters. The summed E-state index contributed by atoms with van der Waals surface area (Å²) in [5.41, 5.74) is 0.872. The Morgan fingerprint density at radius 3 is 2.41 bits per heavy atom. The molecule has 1 saturated heterocycles. The van der Waals surface area contributed by atoms with E-state index in [0.29, 0.717) is 32.0 Å². The molecule has 0 aliphatic carbocycles. The Labute approximate surface area is 166 Å². The number of hydrogen-bond donors (Lipinski definition) is 0. The summed E-state index contributed by atoms with van der Waals surface area (Å²) in [5, 5.41) is 8.33. The van der Waals surface area contributed by atoms with E-state index in [2.05, 4.69) is 19.8 Å². The quantitative estimate of drug-likeness (QED) is 0.777. The van der Waals surface area contributed by atoms with E-state index >= 15 is 0 Å². The lowest BCUT2D eigenvalue weighted by molar-refractivity contribution is -0.274. The lowest BCUT2D eigenvalue weighted by Crippen LogP contribution is -2.39. The zero-order valence-electron chi connectivity index (χ0n) is 15.9. The number of benzene rings is 1. The second-order valence-electron chi connectivity index (χ2n) is 7.35. The normalized spacial score (nSPS) is 17.8. The summed E-state index contributed by atoms with van der Waals surface area (Å²) < 4.78 is 42.6. The summed E-state index contributed by atoms with van der Waals surface area (Å²) in [7, 11) is 0. The molecule has 0 atom stereocenters. The van der Waals surface area contributed by atoms with Crippen molar-refractivity contribution < 1.29 is 22.7 Å². The first-order valence-electron chi connectivity index (χ1n) is 9.67. The molecule has 0 bridgehead atoms. The summed E-state index contributed by atoms with van der Waals surface area (Å²) in [5.74, 6) is 0.835. The van der Waals surface area contributed by atoms with E-state index < -0.39 is 6.36 Å². The largest absolute Gasteiger partial charge is 0.573 e. The van der Waals surface area contributed by atoms with Gasteiger partial charge in [0.05, 0.1) is 6.54 Å². The molecule has 1 aromatic heterocycles. The number of halogens is 3. The van der Waals surface area contributed by atoms with Crippen molar-refractivity contribution in [2.75, 3.05) is 19.6 Å². The number of hydrogen-bond acceptors (Lipinski definition) is 5. The smallest absolute Gasteiger partial charge is 0.406 e. The van der Waals surface area contributed by atoms with Crippen LogP contribution in [0.15, 0.2) is 24.3 Å². The molecular weight excluding hydrogens is 387 g/mol. The van der Waals surface area contributed by atoms with Gasteiger partial charge in [0, 0.05) is 32.7 Å². The molecule has 0 N–H and O–H groups in total. The minimum atomic E-state index is -4.69. The molecule has 1 fully saturated rings. The number of ether oxygens (including phenoxy) is 1. The van der Waals surface area contributed by atoms with Crippen LogP contribution in [0.1, 0.15) is 41.3 Å². The number of nitrogens with zero attached hydrogens (tertiary/aromatic N) is 5. The lowest BCUT2D eigenvalue weighted by atomic mass is 10.1.